The van der Waals surface area contributed by atoms with E-state index in [2.05, 4.69) is 4.74 Å². The Morgan fingerprint density at radius 3 is 2.50 bits per heavy atom. The van der Waals surface area contributed by atoms with Crippen LogP contribution >= 0.6 is 0 Å². The number of hydrogen-bond acceptors (Lipinski definition) is 3. The van der Waals surface area contributed by atoms with Crippen LogP contribution in [0.15, 0.2) is 24.3 Å². The average Bonchev–Trinajstić information content (AvgIpc) is 2.31. The molecule has 4 heteroatoms. The number of carbonyl (C=O) groups excluding carboxylic acids is 2. The largest absolute Gasteiger partial charge is 0.429 e. The zero-order valence-electron chi connectivity index (χ0n) is 9.57. The van der Waals surface area contributed by atoms with Crippen molar-refractivity contribution >= 4 is 12.3 Å². The van der Waals surface area contributed by atoms with Crippen molar-refractivity contribution in [3.05, 3.63) is 29.8 Å². The lowest BCUT2D eigenvalue weighted by molar-refractivity contribution is -0.120. The zero-order valence-corrected chi connectivity index (χ0v) is 9.57. The Bertz CT molecular complexity index is 348. The number of Topliss-reactive ketones (excluding diaryl/α,β-unsaturated/α-hetero) is 1. The first-order valence-corrected chi connectivity index (χ1v) is 4.77. The van der Waals surface area contributed by atoms with Crippen LogP contribution in [-0.4, -0.2) is 19.4 Å². The molecule has 16 heavy (non-hydrogen) atoms. The van der Waals surface area contributed by atoms with Gasteiger partial charge in [0.25, 0.3) is 6.47 Å². The highest BCUT2D eigenvalue weighted by Gasteiger charge is 2.10. The van der Waals surface area contributed by atoms with E-state index in [-0.39, 0.29) is 11.7 Å². The fourth-order valence-electron chi connectivity index (χ4n) is 1.11. The number of hydrogen-bond donors (Lipinski definition) is 0. The van der Waals surface area contributed by atoms with Crippen LogP contribution in [0.2, 0.25) is 0 Å². The summed E-state index contributed by atoms with van der Waals surface area (Å²) < 4.78 is 14.1. The van der Waals surface area contributed by atoms with Gasteiger partial charge in [0.1, 0.15) is 5.75 Å². The Labute approximate surface area is 94.2 Å². The number of benzene rings is 1. The molecular formula is C12H15FO3. The highest BCUT2D eigenvalue weighted by Crippen LogP contribution is 2.15. The number of rotatable bonds is 4. The molecule has 0 aromatic heterocycles. The predicted octanol–water partition coefficient (Wildman–Crippen LogP) is 2.65. The van der Waals surface area contributed by atoms with E-state index in [9.17, 15) is 14.0 Å². The quantitative estimate of drug-likeness (QED) is 0.585. The molecule has 88 valence electrons. The minimum atomic E-state index is -0.0542. The van der Waals surface area contributed by atoms with Crippen molar-refractivity contribution in [2.24, 2.45) is 5.92 Å². The molecule has 0 aliphatic carbocycles. The van der Waals surface area contributed by atoms with Gasteiger partial charge in [-0.25, -0.2) is 0 Å². The molecule has 0 heterocycles. The third kappa shape index (κ3) is 4.21. The lowest BCUT2D eigenvalue weighted by atomic mass is 10.0. The summed E-state index contributed by atoms with van der Waals surface area (Å²) in [6, 6.07) is 6.59. The van der Waals surface area contributed by atoms with Gasteiger partial charge < -0.3 is 4.74 Å². The van der Waals surface area contributed by atoms with Gasteiger partial charge in [-0.2, -0.15) is 0 Å². The first kappa shape index (κ1) is 14.3. The molecule has 0 fully saturated rings. The molecule has 0 atom stereocenters. The summed E-state index contributed by atoms with van der Waals surface area (Å²) in [6.45, 7) is 4.00. The SMILES string of the molecule is CC(C)C(=O)c1cccc(OC=O)c1.CF. The maximum atomic E-state index is 11.6. The van der Waals surface area contributed by atoms with E-state index in [1.165, 1.54) is 0 Å². The third-order valence-corrected chi connectivity index (χ3v) is 1.83. The molecule has 0 saturated heterocycles. The molecule has 1 rings (SSSR count). The van der Waals surface area contributed by atoms with Crippen molar-refractivity contribution in [1.29, 1.82) is 0 Å². The van der Waals surface area contributed by atoms with E-state index in [4.69, 9.17) is 0 Å². The summed E-state index contributed by atoms with van der Waals surface area (Å²) in [6.07, 6.45) is 0. The van der Waals surface area contributed by atoms with Gasteiger partial charge in [-0.1, -0.05) is 26.0 Å². The number of carbonyl (C=O) groups is 2. The summed E-state index contributed by atoms with van der Waals surface area (Å²) in [5, 5.41) is 0. The highest BCUT2D eigenvalue weighted by atomic mass is 19.1. The van der Waals surface area contributed by atoms with Crippen LogP contribution in [0.4, 0.5) is 4.39 Å². The summed E-state index contributed by atoms with van der Waals surface area (Å²) in [7, 11) is 0.500. The molecule has 1 aromatic carbocycles. The number of alkyl halides is 1. The fourth-order valence-corrected chi connectivity index (χ4v) is 1.11. The second-order valence-corrected chi connectivity index (χ2v) is 3.26. The lowest BCUT2D eigenvalue weighted by Gasteiger charge is -2.04. The van der Waals surface area contributed by atoms with E-state index in [0.29, 0.717) is 25.0 Å². The first-order valence-electron chi connectivity index (χ1n) is 4.77. The van der Waals surface area contributed by atoms with Gasteiger partial charge in [0, 0.05) is 11.5 Å². The zero-order chi connectivity index (χ0) is 12.6. The standard InChI is InChI=1S/C11H12O3.CH3F/c1-8(2)11(13)9-4-3-5-10(6-9)14-7-12;1-2/h3-8H,1-2H3;1H3. The van der Waals surface area contributed by atoms with Crippen LogP contribution in [-0.2, 0) is 4.79 Å². The molecule has 0 unspecified atom stereocenters. The Morgan fingerprint density at radius 1 is 1.38 bits per heavy atom. The van der Waals surface area contributed by atoms with Crippen molar-refractivity contribution < 1.29 is 18.7 Å². The van der Waals surface area contributed by atoms with E-state index >= 15 is 0 Å². The van der Waals surface area contributed by atoms with Crippen LogP contribution in [0.5, 0.6) is 5.75 Å². The van der Waals surface area contributed by atoms with E-state index < -0.39 is 0 Å². The van der Waals surface area contributed by atoms with Crippen LogP contribution in [0, 0.1) is 5.92 Å². The maximum Gasteiger partial charge on any atom is 0.298 e. The summed E-state index contributed by atoms with van der Waals surface area (Å²) >= 11 is 0. The second kappa shape index (κ2) is 7.56. The monoisotopic (exact) mass is 226 g/mol. The number of ketones is 1. The van der Waals surface area contributed by atoms with Gasteiger partial charge in [-0.3, -0.25) is 14.0 Å². The van der Waals surface area contributed by atoms with Crippen molar-refractivity contribution in [2.75, 3.05) is 7.18 Å². The van der Waals surface area contributed by atoms with Gasteiger partial charge in [0.2, 0.25) is 0 Å². The molecule has 1 aromatic rings. The van der Waals surface area contributed by atoms with Crippen LogP contribution in [0.1, 0.15) is 24.2 Å². The van der Waals surface area contributed by atoms with Crippen LogP contribution in [0.3, 0.4) is 0 Å². The van der Waals surface area contributed by atoms with Crippen molar-refractivity contribution in [2.45, 2.75) is 13.8 Å². The van der Waals surface area contributed by atoms with E-state index in [1.54, 1.807) is 24.3 Å². The van der Waals surface area contributed by atoms with Crippen LogP contribution < -0.4 is 4.74 Å². The predicted molar refractivity (Wildman–Crippen MR) is 59.3 cm³/mol. The fraction of sp³-hybridized carbons (Fsp3) is 0.333. The molecule has 0 aliphatic heterocycles. The Balaban J connectivity index is 0.00000106. The first-order chi connectivity index (χ1) is 7.65. The molecular weight excluding hydrogens is 211 g/mol. The minimum absolute atomic E-state index is 0.0429. The van der Waals surface area contributed by atoms with Crippen molar-refractivity contribution in [3.63, 3.8) is 0 Å². The second-order valence-electron chi connectivity index (χ2n) is 3.26. The molecule has 0 amide bonds. The summed E-state index contributed by atoms with van der Waals surface area (Å²) in [4.78, 5) is 21.6. The normalized spacial score (nSPS) is 9.06. The van der Waals surface area contributed by atoms with Gasteiger partial charge >= 0.3 is 0 Å². The average molecular weight is 226 g/mol. The van der Waals surface area contributed by atoms with Crippen molar-refractivity contribution in [1.82, 2.24) is 0 Å². The summed E-state index contributed by atoms with van der Waals surface area (Å²) in [5.41, 5.74) is 0.569. The lowest BCUT2D eigenvalue weighted by Crippen LogP contribution is -2.07. The minimum Gasteiger partial charge on any atom is -0.429 e. The van der Waals surface area contributed by atoms with Gasteiger partial charge in [0.05, 0.1) is 7.18 Å². The van der Waals surface area contributed by atoms with Crippen molar-refractivity contribution in [3.8, 4) is 5.75 Å². The Kier molecular flexibility index (Phi) is 6.76. The van der Waals surface area contributed by atoms with E-state index in [0.717, 1.165) is 0 Å². The van der Waals surface area contributed by atoms with Gasteiger partial charge in [-0.05, 0) is 12.1 Å². The topological polar surface area (TPSA) is 43.4 Å². The van der Waals surface area contributed by atoms with Crippen LogP contribution in [0.25, 0.3) is 0 Å². The molecule has 0 bridgehead atoms. The van der Waals surface area contributed by atoms with Gasteiger partial charge in [0.15, 0.2) is 5.78 Å². The number of halogens is 1. The summed E-state index contributed by atoms with van der Waals surface area (Å²) in [5.74, 6) is 0.384. The van der Waals surface area contributed by atoms with E-state index in [1.807, 2.05) is 13.8 Å². The van der Waals surface area contributed by atoms with Gasteiger partial charge in [-0.15, -0.1) is 0 Å². The smallest absolute Gasteiger partial charge is 0.298 e. The molecule has 0 spiro atoms. The third-order valence-electron chi connectivity index (χ3n) is 1.83. The maximum absolute atomic E-state index is 11.6. The highest BCUT2D eigenvalue weighted by molar-refractivity contribution is 5.97. The Morgan fingerprint density at radius 2 is 2.00 bits per heavy atom. The Hall–Kier alpha value is -1.71. The molecule has 0 saturated carbocycles. The molecule has 0 N–H and O–H groups in total. The number of ether oxygens (including phenoxy) is 1. The molecule has 3 nitrogen and oxygen atoms in total. The molecule has 0 aliphatic rings. The molecule has 0 radical (unpaired) electrons.